The highest BCUT2D eigenvalue weighted by Crippen LogP contribution is 2.21. The number of carbonyl (C=O) groups excluding carboxylic acids is 2. The van der Waals surface area contributed by atoms with Gasteiger partial charge < -0.3 is 10.4 Å². The molecule has 1 amide bonds. The molecular formula is C21H19NO3. The molecule has 25 heavy (non-hydrogen) atoms. The minimum atomic E-state index is -0.292. The van der Waals surface area contributed by atoms with Gasteiger partial charge in [-0.3, -0.25) is 9.59 Å². The van der Waals surface area contributed by atoms with E-state index in [0.717, 1.165) is 18.2 Å². The van der Waals surface area contributed by atoms with Gasteiger partial charge in [0, 0.05) is 18.4 Å². The zero-order chi connectivity index (χ0) is 18.1. The van der Waals surface area contributed by atoms with Crippen LogP contribution in [0.2, 0.25) is 0 Å². The maximum atomic E-state index is 12.3. The zero-order valence-electron chi connectivity index (χ0n) is 13.8. The number of aliphatic hydroxyl groups excluding tert-OH is 1. The lowest BCUT2D eigenvalue weighted by molar-refractivity contribution is 0.101. The van der Waals surface area contributed by atoms with Crippen molar-refractivity contribution >= 4 is 17.9 Å². The van der Waals surface area contributed by atoms with Crippen molar-refractivity contribution in [3.8, 4) is 11.1 Å². The van der Waals surface area contributed by atoms with Crippen LogP contribution in [0.25, 0.3) is 11.1 Å². The third-order valence-corrected chi connectivity index (χ3v) is 3.58. The molecule has 0 aromatic heterocycles. The second-order valence-corrected chi connectivity index (χ2v) is 5.10. The summed E-state index contributed by atoms with van der Waals surface area (Å²) in [6, 6.07) is 24.4. The number of hydrogen-bond acceptors (Lipinski definition) is 3. The molecule has 4 nitrogen and oxygen atoms in total. The molecular weight excluding hydrogens is 314 g/mol. The van der Waals surface area contributed by atoms with Gasteiger partial charge in [0.25, 0.3) is 5.91 Å². The molecule has 4 heteroatoms. The van der Waals surface area contributed by atoms with Crippen LogP contribution < -0.4 is 5.32 Å². The first kappa shape index (κ1) is 18.1. The molecule has 2 N–H and O–H groups in total. The summed E-state index contributed by atoms with van der Waals surface area (Å²) in [5.74, 6) is -0.292. The molecule has 3 aromatic rings. The van der Waals surface area contributed by atoms with Crippen LogP contribution in [0.4, 0.5) is 5.69 Å². The quantitative estimate of drug-likeness (QED) is 0.709. The molecule has 0 saturated heterocycles. The first-order chi connectivity index (χ1) is 12.3. The highest BCUT2D eigenvalue weighted by molar-refractivity contribution is 6.08. The van der Waals surface area contributed by atoms with E-state index in [-0.39, 0.29) is 5.91 Å². The number of hydrogen-bond donors (Lipinski definition) is 2. The summed E-state index contributed by atoms with van der Waals surface area (Å²) >= 11 is 0. The van der Waals surface area contributed by atoms with Crippen molar-refractivity contribution in [1.82, 2.24) is 0 Å². The Bertz CT molecular complexity index is 827. The molecule has 3 rings (SSSR count). The van der Waals surface area contributed by atoms with Crippen molar-refractivity contribution in [1.29, 1.82) is 0 Å². The molecule has 0 fully saturated rings. The lowest BCUT2D eigenvalue weighted by atomic mass is 10.1. The van der Waals surface area contributed by atoms with E-state index in [0.29, 0.717) is 23.1 Å². The highest BCUT2D eigenvalue weighted by atomic mass is 16.2. The average Bonchev–Trinajstić information content (AvgIpc) is 2.70. The highest BCUT2D eigenvalue weighted by Gasteiger charge is 2.10. The molecule has 0 spiro atoms. The van der Waals surface area contributed by atoms with E-state index in [2.05, 4.69) is 5.32 Å². The third kappa shape index (κ3) is 4.62. The Morgan fingerprint density at radius 1 is 0.800 bits per heavy atom. The van der Waals surface area contributed by atoms with Crippen molar-refractivity contribution in [3.63, 3.8) is 0 Å². The molecule has 126 valence electrons. The van der Waals surface area contributed by atoms with Crippen molar-refractivity contribution < 1.29 is 14.7 Å². The molecule has 0 unspecified atom stereocenters. The van der Waals surface area contributed by atoms with Crippen molar-refractivity contribution in [2.45, 2.75) is 0 Å². The molecule has 0 aliphatic carbocycles. The maximum Gasteiger partial charge on any atom is 0.256 e. The predicted octanol–water partition coefficient (Wildman–Crippen LogP) is 4.03. The van der Waals surface area contributed by atoms with E-state index in [1.165, 1.54) is 0 Å². The first-order valence-electron chi connectivity index (χ1n) is 7.74. The van der Waals surface area contributed by atoms with Crippen LogP contribution in [0.5, 0.6) is 0 Å². The summed E-state index contributed by atoms with van der Waals surface area (Å²) in [5.41, 5.74) is 3.64. The summed E-state index contributed by atoms with van der Waals surface area (Å²) in [4.78, 5) is 23.3. The minimum Gasteiger partial charge on any atom is -0.400 e. The lowest BCUT2D eigenvalue weighted by Gasteiger charge is -2.08. The Balaban J connectivity index is 0.00000109. The second-order valence-electron chi connectivity index (χ2n) is 5.10. The summed E-state index contributed by atoms with van der Waals surface area (Å²) in [7, 11) is 1.00. The number of amides is 1. The number of carbonyl (C=O) groups is 2. The van der Waals surface area contributed by atoms with E-state index in [4.69, 9.17) is 5.11 Å². The lowest BCUT2D eigenvalue weighted by Crippen LogP contribution is -2.13. The third-order valence-electron chi connectivity index (χ3n) is 3.58. The minimum absolute atomic E-state index is 0.292. The van der Waals surface area contributed by atoms with E-state index < -0.39 is 0 Å². The number of benzene rings is 3. The summed E-state index contributed by atoms with van der Waals surface area (Å²) in [6.07, 6.45) is 0.688. The number of rotatable bonds is 4. The van der Waals surface area contributed by atoms with Crippen LogP contribution >= 0.6 is 0 Å². The molecule has 3 aromatic carbocycles. The van der Waals surface area contributed by atoms with E-state index in [1.807, 2.05) is 54.6 Å². The monoisotopic (exact) mass is 333 g/mol. The van der Waals surface area contributed by atoms with Gasteiger partial charge in [-0.2, -0.15) is 0 Å². The zero-order valence-corrected chi connectivity index (χ0v) is 13.8. The standard InChI is InChI=1S/C20H15NO2.CH4O/c22-14-17-8-4-5-9-19(17)20(23)21-18-12-10-16(11-13-18)15-6-2-1-3-7-15;1-2/h1-14H,(H,21,23);2H,1H3. The first-order valence-corrected chi connectivity index (χ1v) is 7.74. The van der Waals surface area contributed by atoms with E-state index in [9.17, 15) is 9.59 Å². The molecule has 0 heterocycles. The number of aliphatic hydroxyl groups is 1. The molecule has 0 radical (unpaired) electrons. The predicted molar refractivity (Wildman–Crippen MR) is 99.8 cm³/mol. The summed E-state index contributed by atoms with van der Waals surface area (Å²) in [6.45, 7) is 0. The SMILES string of the molecule is CO.O=Cc1ccccc1C(=O)Nc1ccc(-c2ccccc2)cc1. The van der Waals surface area contributed by atoms with Crippen LogP contribution in [-0.4, -0.2) is 24.4 Å². The summed E-state index contributed by atoms with van der Waals surface area (Å²) < 4.78 is 0. The fourth-order valence-electron chi connectivity index (χ4n) is 2.38. The van der Waals surface area contributed by atoms with Gasteiger partial charge in [-0.1, -0.05) is 60.7 Å². The second kappa shape index (κ2) is 9.15. The fraction of sp³-hybridized carbons (Fsp3) is 0.0476. The Morgan fingerprint density at radius 2 is 1.36 bits per heavy atom. The normalized spacial score (nSPS) is 9.52. The van der Waals surface area contributed by atoms with Crippen LogP contribution in [0.3, 0.4) is 0 Å². The van der Waals surface area contributed by atoms with Gasteiger partial charge in [0.1, 0.15) is 0 Å². The van der Waals surface area contributed by atoms with Gasteiger partial charge in [0.15, 0.2) is 6.29 Å². The largest absolute Gasteiger partial charge is 0.400 e. The Hall–Kier alpha value is -3.24. The van der Waals surface area contributed by atoms with Crippen LogP contribution in [0.1, 0.15) is 20.7 Å². The molecule has 0 aliphatic heterocycles. The number of nitrogens with one attached hydrogen (secondary N) is 1. The molecule has 0 saturated carbocycles. The Morgan fingerprint density at radius 3 is 2.00 bits per heavy atom. The van der Waals surface area contributed by atoms with Gasteiger partial charge in [-0.15, -0.1) is 0 Å². The van der Waals surface area contributed by atoms with E-state index >= 15 is 0 Å². The smallest absolute Gasteiger partial charge is 0.256 e. The number of aldehydes is 1. The average molecular weight is 333 g/mol. The summed E-state index contributed by atoms with van der Waals surface area (Å²) in [5, 5.41) is 9.81. The molecule has 0 atom stereocenters. The van der Waals surface area contributed by atoms with Crippen molar-refractivity contribution in [2.24, 2.45) is 0 Å². The Labute approximate surface area is 146 Å². The van der Waals surface area contributed by atoms with E-state index in [1.54, 1.807) is 24.3 Å². The fourth-order valence-corrected chi connectivity index (χ4v) is 2.38. The van der Waals surface area contributed by atoms with Gasteiger partial charge in [-0.25, -0.2) is 0 Å². The van der Waals surface area contributed by atoms with Crippen molar-refractivity contribution in [2.75, 3.05) is 12.4 Å². The van der Waals surface area contributed by atoms with Crippen molar-refractivity contribution in [3.05, 3.63) is 90.0 Å². The van der Waals surface area contributed by atoms with Gasteiger partial charge >= 0.3 is 0 Å². The van der Waals surface area contributed by atoms with Gasteiger partial charge in [0.2, 0.25) is 0 Å². The Kier molecular flexibility index (Phi) is 6.63. The van der Waals surface area contributed by atoms with Gasteiger partial charge in [0.05, 0.1) is 5.56 Å². The number of anilines is 1. The molecule has 0 bridgehead atoms. The van der Waals surface area contributed by atoms with Crippen LogP contribution in [0.15, 0.2) is 78.9 Å². The van der Waals surface area contributed by atoms with Gasteiger partial charge in [-0.05, 0) is 29.3 Å². The van der Waals surface area contributed by atoms with Crippen LogP contribution in [0, 0.1) is 0 Å². The maximum absolute atomic E-state index is 12.3. The molecule has 0 aliphatic rings. The van der Waals surface area contributed by atoms with Crippen LogP contribution in [-0.2, 0) is 0 Å². The topological polar surface area (TPSA) is 66.4 Å².